The van der Waals surface area contributed by atoms with Crippen molar-refractivity contribution in [2.45, 2.75) is 69.0 Å². The highest BCUT2D eigenvalue weighted by Gasteiger charge is 2.43. The molecule has 4 fully saturated rings. The second-order valence-electron chi connectivity index (χ2n) is 8.39. The van der Waals surface area contributed by atoms with Crippen molar-refractivity contribution in [3.05, 3.63) is 0 Å². The largest absolute Gasteiger partial charge is 0.490 e. The Labute approximate surface area is 179 Å². The van der Waals surface area contributed by atoms with Gasteiger partial charge in [0.15, 0.2) is 0 Å². The van der Waals surface area contributed by atoms with E-state index >= 15 is 0 Å². The number of carboxylic acid groups (broad SMARTS) is 1. The molecule has 0 aromatic carbocycles. The first-order valence-electron chi connectivity index (χ1n) is 10.9. The summed E-state index contributed by atoms with van der Waals surface area (Å²) >= 11 is 0. The number of ether oxygens (including phenoxy) is 3. The van der Waals surface area contributed by atoms with Crippen LogP contribution < -0.4 is 0 Å². The standard InChI is InChI=1S/C18H30N2O4.C2HF3O2/c21-18(19-7-1-2-8-19)13-23-12-15-3-4-16-17(24-15)5-9-20(16)14-6-10-22-11-14;3-2(4,5)1(6)7/h14-17H,1-13H2;(H,6,7)/t14?,15?,16-,17-;/m0./s1. The van der Waals surface area contributed by atoms with E-state index in [1.807, 2.05) is 4.90 Å². The smallest absolute Gasteiger partial charge is 0.475 e. The van der Waals surface area contributed by atoms with E-state index in [1.165, 1.54) is 6.42 Å². The van der Waals surface area contributed by atoms with Gasteiger partial charge in [0.05, 0.1) is 25.4 Å². The molecular weight excluding hydrogens is 421 g/mol. The monoisotopic (exact) mass is 452 g/mol. The molecule has 31 heavy (non-hydrogen) atoms. The van der Waals surface area contributed by atoms with Gasteiger partial charge in [-0.15, -0.1) is 0 Å². The molecule has 0 saturated carbocycles. The number of fused-ring (bicyclic) bond motifs is 1. The molecular formula is C20H31F3N2O6. The molecule has 0 bridgehead atoms. The number of amides is 1. The van der Waals surface area contributed by atoms with E-state index in [-0.39, 0.29) is 18.6 Å². The van der Waals surface area contributed by atoms with Gasteiger partial charge < -0.3 is 24.2 Å². The van der Waals surface area contributed by atoms with Crippen LogP contribution >= 0.6 is 0 Å². The first-order chi connectivity index (χ1) is 14.8. The molecule has 4 rings (SSSR count). The van der Waals surface area contributed by atoms with Gasteiger partial charge in [0.1, 0.15) is 6.61 Å². The van der Waals surface area contributed by atoms with Crippen LogP contribution in [0.25, 0.3) is 0 Å². The van der Waals surface area contributed by atoms with Gasteiger partial charge >= 0.3 is 12.1 Å². The quantitative estimate of drug-likeness (QED) is 0.679. The number of nitrogens with zero attached hydrogens (tertiary/aromatic N) is 2. The van der Waals surface area contributed by atoms with Crippen molar-refractivity contribution in [2.24, 2.45) is 0 Å². The Morgan fingerprint density at radius 3 is 2.39 bits per heavy atom. The average molecular weight is 452 g/mol. The zero-order valence-corrected chi connectivity index (χ0v) is 17.5. The summed E-state index contributed by atoms with van der Waals surface area (Å²) in [5.41, 5.74) is 0. The number of carbonyl (C=O) groups excluding carboxylic acids is 1. The Morgan fingerprint density at radius 2 is 1.77 bits per heavy atom. The van der Waals surface area contributed by atoms with Gasteiger partial charge in [0.2, 0.25) is 5.91 Å². The highest BCUT2D eigenvalue weighted by atomic mass is 19.4. The minimum Gasteiger partial charge on any atom is -0.475 e. The van der Waals surface area contributed by atoms with Crippen LogP contribution in [0, 0.1) is 0 Å². The third-order valence-corrected chi connectivity index (χ3v) is 6.28. The number of alkyl halides is 3. The number of hydrogen-bond donors (Lipinski definition) is 1. The predicted molar refractivity (Wildman–Crippen MR) is 103 cm³/mol. The Balaban J connectivity index is 0.000000339. The summed E-state index contributed by atoms with van der Waals surface area (Å²) in [7, 11) is 0. The fraction of sp³-hybridized carbons (Fsp3) is 0.900. The molecule has 4 heterocycles. The number of halogens is 3. The van der Waals surface area contributed by atoms with Crippen LogP contribution in [-0.2, 0) is 23.8 Å². The minimum atomic E-state index is -5.08. The van der Waals surface area contributed by atoms with Crippen LogP contribution in [-0.4, -0.2) is 103 Å². The molecule has 11 heteroatoms. The summed E-state index contributed by atoms with van der Waals surface area (Å²) in [6.07, 6.45) is 2.14. The molecule has 2 unspecified atom stereocenters. The number of likely N-dealkylation sites (tertiary alicyclic amines) is 2. The normalized spacial score (nSPS) is 31.3. The maximum atomic E-state index is 12.0. The SMILES string of the molecule is O=C(COCC1CC[C@H]2[C@H](CCN2C2CCOC2)O1)N1CCCC1.O=C(O)C(F)(F)F. The number of carboxylic acids is 1. The lowest BCUT2D eigenvalue weighted by molar-refractivity contribution is -0.192. The fourth-order valence-corrected chi connectivity index (χ4v) is 4.73. The maximum Gasteiger partial charge on any atom is 0.490 e. The van der Waals surface area contributed by atoms with Crippen molar-refractivity contribution < 1.29 is 42.1 Å². The van der Waals surface area contributed by atoms with Gasteiger partial charge in [-0.3, -0.25) is 9.69 Å². The third kappa shape index (κ3) is 6.77. The molecule has 178 valence electrons. The van der Waals surface area contributed by atoms with Crippen LogP contribution in [0.1, 0.15) is 38.5 Å². The summed E-state index contributed by atoms with van der Waals surface area (Å²) in [5.74, 6) is -2.62. The minimum absolute atomic E-state index is 0.134. The molecule has 0 aromatic rings. The van der Waals surface area contributed by atoms with Gasteiger partial charge in [0, 0.05) is 38.3 Å². The third-order valence-electron chi connectivity index (χ3n) is 6.28. The zero-order valence-electron chi connectivity index (χ0n) is 17.5. The van der Waals surface area contributed by atoms with Gasteiger partial charge in [0.25, 0.3) is 0 Å². The Hall–Kier alpha value is -1.43. The molecule has 0 aromatic heterocycles. The number of carbonyl (C=O) groups is 2. The van der Waals surface area contributed by atoms with Gasteiger partial charge in [-0.05, 0) is 38.5 Å². The van der Waals surface area contributed by atoms with Crippen molar-refractivity contribution in [3.63, 3.8) is 0 Å². The Bertz CT molecular complexity index is 608. The predicted octanol–water partition coefficient (Wildman–Crippen LogP) is 1.67. The second kappa shape index (κ2) is 10.9. The highest BCUT2D eigenvalue weighted by Crippen LogP contribution is 2.34. The van der Waals surface area contributed by atoms with Gasteiger partial charge in [-0.25, -0.2) is 4.79 Å². The molecule has 0 spiro atoms. The fourth-order valence-electron chi connectivity index (χ4n) is 4.73. The molecule has 4 saturated heterocycles. The van der Waals surface area contributed by atoms with Gasteiger partial charge in [-0.1, -0.05) is 0 Å². The van der Waals surface area contributed by atoms with Crippen molar-refractivity contribution in [1.82, 2.24) is 9.80 Å². The van der Waals surface area contributed by atoms with E-state index in [0.29, 0.717) is 24.8 Å². The van der Waals surface area contributed by atoms with Crippen LogP contribution in [0.2, 0.25) is 0 Å². The summed E-state index contributed by atoms with van der Waals surface area (Å²) in [6.45, 7) is 5.47. The van der Waals surface area contributed by atoms with E-state index in [1.54, 1.807) is 0 Å². The number of rotatable bonds is 5. The summed E-state index contributed by atoms with van der Waals surface area (Å²) < 4.78 is 49.2. The maximum absolute atomic E-state index is 12.0. The first kappa shape index (κ1) is 24.2. The molecule has 8 nitrogen and oxygen atoms in total. The van der Waals surface area contributed by atoms with E-state index in [9.17, 15) is 18.0 Å². The first-order valence-corrected chi connectivity index (χ1v) is 10.9. The molecule has 1 N–H and O–H groups in total. The zero-order chi connectivity index (χ0) is 22.4. The summed E-state index contributed by atoms with van der Waals surface area (Å²) in [5, 5.41) is 7.12. The molecule has 0 aliphatic carbocycles. The molecule has 4 aliphatic heterocycles. The van der Waals surface area contributed by atoms with Crippen molar-refractivity contribution >= 4 is 11.9 Å². The topological polar surface area (TPSA) is 88.5 Å². The van der Waals surface area contributed by atoms with Crippen LogP contribution in [0.5, 0.6) is 0 Å². The van der Waals surface area contributed by atoms with Crippen molar-refractivity contribution in [3.8, 4) is 0 Å². The van der Waals surface area contributed by atoms with Crippen LogP contribution in [0.3, 0.4) is 0 Å². The number of hydrogen-bond acceptors (Lipinski definition) is 6. The summed E-state index contributed by atoms with van der Waals surface area (Å²) in [6, 6.07) is 1.15. The summed E-state index contributed by atoms with van der Waals surface area (Å²) in [4.78, 5) is 25.4. The molecule has 1 amide bonds. The van der Waals surface area contributed by atoms with Crippen LogP contribution in [0.4, 0.5) is 13.2 Å². The molecule has 4 aliphatic rings. The Morgan fingerprint density at radius 1 is 1.06 bits per heavy atom. The van der Waals surface area contributed by atoms with E-state index < -0.39 is 12.1 Å². The van der Waals surface area contributed by atoms with Crippen molar-refractivity contribution in [2.75, 3.05) is 46.1 Å². The van der Waals surface area contributed by atoms with E-state index in [0.717, 1.165) is 65.0 Å². The molecule has 4 atom stereocenters. The lowest BCUT2D eigenvalue weighted by Gasteiger charge is -2.38. The lowest BCUT2D eigenvalue weighted by Crippen LogP contribution is -2.47. The van der Waals surface area contributed by atoms with Crippen LogP contribution in [0.15, 0.2) is 0 Å². The second-order valence-corrected chi connectivity index (χ2v) is 8.39. The number of aliphatic carboxylic acids is 1. The molecule has 0 radical (unpaired) electrons. The van der Waals surface area contributed by atoms with E-state index in [2.05, 4.69) is 4.90 Å². The lowest BCUT2D eigenvalue weighted by atomic mass is 9.98. The van der Waals surface area contributed by atoms with E-state index in [4.69, 9.17) is 24.1 Å². The average Bonchev–Trinajstić information content (AvgIpc) is 3.47. The highest BCUT2D eigenvalue weighted by molar-refractivity contribution is 5.77. The Kier molecular flexibility index (Phi) is 8.54. The van der Waals surface area contributed by atoms with Gasteiger partial charge in [-0.2, -0.15) is 13.2 Å². The van der Waals surface area contributed by atoms with Crippen molar-refractivity contribution in [1.29, 1.82) is 0 Å².